The summed E-state index contributed by atoms with van der Waals surface area (Å²) in [7, 11) is 0. The SMILES string of the molecule is Cc1cc(C(C)CN)cc(O)c1Cl. The molecule has 1 unspecified atom stereocenters. The minimum atomic E-state index is 0.136. The van der Waals surface area contributed by atoms with Crippen LogP contribution in [-0.2, 0) is 0 Å². The molecule has 2 nitrogen and oxygen atoms in total. The van der Waals surface area contributed by atoms with Gasteiger partial charge in [0.05, 0.1) is 5.02 Å². The maximum atomic E-state index is 9.45. The third-order valence-corrected chi connectivity index (χ3v) is 2.67. The van der Waals surface area contributed by atoms with Gasteiger partial charge < -0.3 is 10.8 Å². The van der Waals surface area contributed by atoms with Crippen molar-refractivity contribution in [1.29, 1.82) is 0 Å². The van der Waals surface area contributed by atoms with Crippen molar-refractivity contribution in [1.82, 2.24) is 0 Å². The topological polar surface area (TPSA) is 46.2 Å². The molecule has 13 heavy (non-hydrogen) atoms. The van der Waals surface area contributed by atoms with Crippen molar-refractivity contribution in [3.63, 3.8) is 0 Å². The Balaban J connectivity index is 3.13. The lowest BCUT2D eigenvalue weighted by Gasteiger charge is -2.11. The van der Waals surface area contributed by atoms with Crippen LogP contribution in [0.4, 0.5) is 0 Å². The van der Waals surface area contributed by atoms with Crippen molar-refractivity contribution in [2.24, 2.45) is 5.73 Å². The minimum absolute atomic E-state index is 0.136. The summed E-state index contributed by atoms with van der Waals surface area (Å²) >= 11 is 5.82. The fraction of sp³-hybridized carbons (Fsp3) is 0.400. The van der Waals surface area contributed by atoms with E-state index in [2.05, 4.69) is 0 Å². The number of rotatable bonds is 2. The molecule has 1 aromatic carbocycles. The van der Waals surface area contributed by atoms with E-state index in [1.807, 2.05) is 19.9 Å². The molecule has 1 atom stereocenters. The highest BCUT2D eigenvalue weighted by molar-refractivity contribution is 6.32. The molecule has 0 aliphatic heterocycles. The van der Waals surface area contributed by atoms with Crippen molar-refractivity contribution < 1.29 is 5.11 Å². The number of hydrogen-bond acceptors (Lipinski definition) is 2. The van der Waals surface area contributed by atoms with Gasteiger partial charge in [-0.05, 0) is 36.6 Å². The number of benzene rings is 1. The Kier molecular flexibility index (Phi) is 3.17. The van der Waals surface area contributed by atoms with Crippen LogP contribution in [0.15, 0.2) is 12.1 Å². The van der Waals surface area contributed by atoms with Gasteiger partial charge in [0.25, 0.3) is 0 Å². The molecule has 0 fully saturated rings. The first kappa shape index (κ1) is 10.4. The van der Waals surface area contributed by atoms with Gasteiger partial charge in [-0.25, -0.2) is 0 Å². The third kappa shape index (κ3) is 2.14. The highest BCUT2D eigenvalue weighted by Crippen LogP contribution is 2.30. The Morgan fingerprint density at radius 2 is 2.15 bits per heavy atom. The van der Waals surface area contributed by atoms with Crippen LogP contribution in [0.2, 0.25) is 5.02 Å². The lowest BCUT2D eigenvalue weighted by Crippen LogP contribution is -2.08. The van der Waals surface area contributed by atoms with E-state index in [0.29, 0.717) is 11.6 Å². The molecule has 0 bridgehead atoms. The molecule has 0 saturated carbocycles. The average Bonchev–Trinajstić information content (AvgIpc) is 2.12. The van der Waals surface area contributed by atoms with E-state index in [9.17, 15) is 5.11 Å². The lowest BCUT2D eigenvalue weighted by molar-refractivity contribution is 0.473. The van der Waals surface area contributed by atoms with Crippen molar-refractivity contribution >= 4 is 11.6 Å². The maximum absolute atomic E-state index is 9.45. The monoisotopic (exact) mass is 199 g/mol. The predicted molar refractivity (Wildman–Crippen MR) is 55.3 cm³/mol. The molecular formula is C10H14ClNO. The van der Waals surface area contributed by atoms with Gasteiger partial charge in [-0.3, -0.25) is 0 Å². The van der Waals surface area contributed by atoms with Gasteiger partial charge in [-0.15, -0.1) is 0 Å². The van der Waals surface area contributed by atoms with Crippen LogP contribution in [0.5, 0.6) is 5.75 Å². The van der Waals surface area contributed by atoms with Gasteiger partial charge in [0.1, 0.15) is 5.75 Å². The second kappa shape index (κ2) is 3.99. The van der Waals surface area contributed by atoms with E-state index in [4.69, 9.17) is 17.3 Å². The number of phenolic OH excluding ortho intramolecular Hbond substituents is 1. The van der Waals surface area contributed by atoms with Crippen molar-refractivity contribution in [2.45, 2.75) is 19.8 Å². The normalized spacial score (nSPS) is 12.9. The van der Waals surface area contributed by atoms with Crippen LogP contribution in [0, 0.1) is 6.92 Å². The zero-order valence-corrected chi connectivity index (χ0v) is 8.60. The van der Waals surface area contributed by atoms with Crippen molar-refractivity contribution in [3.05, 3.63) is 28.3 Å². The highest BCUT2D eigenvalue weighted by Gasteiger charge is 2.08. The quantitative estimate of drug-likeness (QED) is 0.769. The molecule has 0 heterocycles. The van der Waals surface area contributed by atoms with Gasteiger partial charge in [-0.2, -0.15) is 0 Å². The van der Waals surface area contributed by atoms with Gasteiger partial charge in [0.2, 0.25) is 0 Å². The molecule has 0 aromatic heterocycles. The number of phenols is 1. The molecule has 0 saturated heterocycles. The Labute approximate surface area is 83.3 Å². The van der Waals surface area contributed by atoms with E-state index in [0.717, 1.165) is 11.1 Å². The number of aromatic hydroxyl groups is 1. The maximum Gasteiger partial charge on any atom is 0.134 e. The molecule has 1 rings (SSSR count). The molecule has 1 aromatic rings. The zero-order chi connectivity index (χ0) is 10.0. The standard InChI is InChI=1S/C10H14ClNO/c1-6-3-8(7(2)5-12)4-9(13)10(6)11/h3-4,7,13H,5,12H2,1-2H3. The largest absolute Gasteiger partial charge is 0.506 e. The molecule has 3 N–H and O–H groups in total. The summed E-state index contributed by atoms with van der Waals surface area (Å²) in [4.78, 5) is 0. The summed E-state index contributed by atoms with van der Waals surface area (Å²) in [6, 6.07) is 3.63. The number of halogens is 1. The first-order valence-electron chi connectivity index (χ1n) is 4.25. The van der Waals surface area contributed by atoms with E-state index < -0.39 is 0 Å². The Morgan fingerprint density at radius 1 is 1.54 bits per heavy atom. The average molecular weight is 200 g/mol. The van der Waals surface area contributed by atoms with Crippen molar-refractivity contribution in [2.75, 3.05) is 6.54 Å². The summed E-state index contributed by atoms with van der Waals surface area (Å²) in [5, 5.41) is 9.88. The Hall–Kier alpha value is -0.730. The predicted octanol–water partition coefficient (Wildman–Crippen LogP) is 2.42. The molecule has 0 aliphatic carbocycles. The van der Waals surface area contributed by atoms with Gasteiger partial charge in [-0.1, -0.05) is 24.6 Å². The first-order chi connectivity index (χ1) is 6.06. The van der Waals surface area contributed by atoms with Crippen molar-refractivity contribution in [3.8, 4) is 5.75 Å². The zero-order valence-electron chi connectivity index (χ0n) is 7.84. The number of hydrogen-bond donors (Lipinski definition) is 2. The van der Waals surface area contributed by atoms with Crippen LogP contribution in [0.3, 0.4) is 0 Å². The molecule has 0 radical (unpaired) electrons. The summed E-state index contributed by atoms with van der Waals surface area (Å²) in [6.07, 6.45) is 0. The van der Waals surface area contributed by atoms with Gasteiger partial charge in [0, 0.05) is 0 Å². The second-order valence-electron chi connectivity index (χ2n) is 3.31. The van der Waals surface area contributed by atoms with E-state index in [1.165, 1.54) is 0 Å². The number of aryl methyl sites for hydroxylation is 1. The van der Waals surface area contributed by atoms with Crippen LogP contribution >= 0.6 is 11.6 Å². The fourth-order valence-electron chi connectivity index (χ4n) is 1.20. The van der Waals surface area contributed by atoms with Crippen LogP contribution < -0.4 is 5.73 Å². The lowest BCUT2D eigenvalue weighted by atomic mass is 9.99. The minimum Gasteiger partial charge on any atom is -0.506 e. The van der Waals surface area contributed by atoms with Crippen LogP contribution in [-0.4, -0.2) is 11.7 Å². The number of nitrogens with two attached hydrogens (primary N) is 1. The summed E-state index contributed by atoms with van der Waals surface area (Å²) in [5.74, 6) is 0.388. The fourth-order valence-corrected chi connectivity index (χ4v) is 1.31. The third-order valence-electron chi connectivity index (χ3n) is 2.18. The Morgan fingerprint density at radius 3 is 2.62 bits per heavy atom. The molecule has 0 amide bonds. The smallest absolute Gasteiger partial charge is 0.134 e. The molecule has 0 spiro atoms. The second-order valence-corrected chi connectivity index (χ2v) is 3.69. The Bertz CT molecular complexity index is 289. The van der Waals surface area contributed by atoms with E-state index in [-0.39, 0.29) is 11.7 Å². The summed E-state index contributed by atoms with van der Waals surface area (Å²) < 4.78 is 0. The van der Waals surface area contributed by atoms with Gasteiger partial charge in [0.15, 0.2) is 0 Å². The van der Waals surface area contributed by atoms with Gasteiger partial charge >= 0.3 is 0 Å². The van der Waals surface area contributed by atoms with Crippen LogP contribution in [0.1, 0.15) is 24.0 Å². The van der Waals surface area contributed by atoms with E-state index >= 15 is 0 Å². The van der Waals surface area contributed by atoms with E-state index in [1.54, 1.807) is 6.07 Å². The van der Waals surface area contributed by atoms with Crippen LogP contribution in [0.25, 0.3) is 0 Å². The summed E-state index contributed by atoms with van der Waals surface area (Å²) in [6.45, 7) is 4.46. The molecular weight excluding hydrogens is 186 g/mol. The molecule has 0 aliphatic rings. The first-order valence-corrected chi connectivity index (χ1v) is 4.63. The molecule has 3 heteroatoms. The molecule has 72 valence electrons. The highest BCUT2D eigenvalue weighted by atomic mass is 35.5. The summed E-state index contributed by atoms with van der Waals surface area (Å²) in [5.41, 5.74) is 7.44.